The second kappa shape index (κ2) is 8.48. The maximum absolute atomic E-state index is 12.9. The lowest BCUT2D eigenvalue weighted by atomic mass is 9.91. The summed E-state index contributed by atoms with van der Waals surface area (Å²) in [5, 5.41) is 4.06. The van der Waals surface area contributed by atoms with E-state index in [4.69, 9.17) is 0 Å². The zero-order valence-electron chi connectivity index (χ0n) is 15.1. The highest BCUT2D eigenvalue weighted by atomic mass is 32.1. The van der Waals surface area contributed by atoms with E-state index in [1.165, 1.54) is 23.3 Å². The quantitative estimate of drug-likeness (QED) is 0.835. The lowest BCUT2D eigenvalue weighted by Crippen LogP contribution is -2.40. The van der Waals surface area contributed by atoms with Crippen LogP contribution in [0.2, 0.25) is 0 Å². The van der Waals surface area contributed by atoms with Crippen molar-refractivity contribution in [2.24, 2.45) is 5.92 Å². The van der Waals surface area contributed by atoms with Crippen LogP contribution in [0.5, 0.6) is 0 Å². The number of amides is 1. The number of piperidine rings is 1. The predicted molar refractivity (Wildman–Crippen MR) is 104 cm³/mol. The van der Waals surface area contributed by atoms with Crippen LogP contribution >= 0.6 is 11.3 Å². The van der Waals surface area contributed by atoms with E-state index in [9.17, 15) is 4.79 Å². The van der Waals surface area contributed by atoms with Crippen LogP contribution < -0.4 is 5.32 Å². The molecule has 1 aromatic carbocycles. The zero-order valence-corrected chi connectivity index (χ0v) is 15.9. The number of thiazole rings is 1. The van der Waals surface area contributed by atoms with Gasteiger partial charge in [-0.2, -0.15) is 0 Å². The normalized spacial score (nSPS) is 17.5. The van der Waals surface area contributed by atoms with Gasteiger partial charge >= 0.3 is 0 Å². The minimum absolute atomic E-state index is 0.156. The lowest BCUT2D eigenvalue weighted by molar-refractivity contribution is 0.0672. The lowest BCUT2D eigenvalue weighted by Gasteiger charge is -2.32. The third-order valence-corrected chi connectivity index (χ3v) is 5.91. The summed E-state index contributed by atoms with van der Waals surface area (Å²) in [5.41, 5.74) is 2.23. The third kappa shape index (κ3) is 4.60. The summed E-state index contributed by atoms with van der Waals surface area (Å²) >= 11 is 1.48. The molecule has 0 bridgehead atoms. The van der Waals surface area contributed by atoms with Crippen molar-refractivity contribution in [3.63, 3.8) is 0 Å². The molecule has 25 heavy (non-hydrogen) atoms. The number of nitrogens with zero attached hydrogens (tertiary/aromatic N) is 2. The Morgan fingerprint density at radius 2 is 2.16 bits per heavy atom. The number of aryl methyl sites for hydroxylation is 2. The molecule has 0 saturated carbocycles. The fraction of sp³-hybridized carbons (Fsp3) is 0.500. The first-order valence-corrected chi connectivity index (χ1v) is 10.0. The number of benzene rings is 1. The highest BCUT2D eigenvalue weighted by molar-refractivity contribution is 7.17. The standard InChI is InChI=1S/C20H27N3OS/c1-3-21-20-22-15(2)18(25-20)19(24)23-13-7-10-17(14-23)12-11-16-8-5-4-6-9-16/h4-6,8-9,17H,3,7,10-14H2,1-2H3,(H,21,22)/t17-/m1/s1. The van der Waals surface area contributed by atoms with Crippen LogP contribution in [0.15, 0.2) is 30.3 Å². The van der Waals surface area contributed by atoms with Crippen LogP contribution in [0.3, 0.4) is 0 Å². The Morgan fingerprint density at radius 1 is 1.36 bits per heavy atom. The van der Waals surface area contributed by atoms with Crippen LogP contribution in [-0.4, -0.2) is 35.4 Å². The zero-order chi connectivity index (χ0) is 17.6. The Morgan fingerprint density at radius 3 is 2.92 bits per heavy atom. The number of nitrogens with one attached hydrogen (secondary N) is 1. The molecule has 0 spiro atoms. The highest BCUT2D eigenvalue weighted by Gasteiger charge is 2.27. The fourth-order valence-corrected chi connectivity index (χ4v) is 4.47. The van der Waals surface area contributed by atoms with Gasteiger partial charge in [-0.3, -0.25) is 4.79 Å². The van der Waals surface area contributed by atoms with E-state index in [2.05, 4.69) is 40.6 Å². The Hall–Kier alpha value is -1.88. The van der Waals surface area contributed by atoms with Crippen molar-refractivity contribution >= 4 is 22.4 Å². The van der Waals surface area contributed by atoms with E-state index in [-0.39, 0.29) is 5.91 Å². The topological polar surface area (TPSA) is 45.2 Å². The van der Waals surface area contributed by atoms with Gasteiger partial charge in [-0.1, -0.05) is 41.7 Å². The monoisotopic (exact) mass is 357 g/mol. The Bertz CT molecular complexity index is 698. The van der Waals surface area contributed by atoms with Gasteiger partial charge in [-0.25, -0.2) is 4.98 Å². The van der Waals surface area contributed by atoms with Crippen molar-refractivity contribution in [3.05, 3.63) is 46.5 Å². The van der Waals surface area contributed by atoms with Gasteiger partial charge in [-0.15, -0.1) is 0 Å². The van der Waals surface area contributed by atoms with Crippen LogP contribution in [0.1, 0.15) is 47.1 Å². The number of hydrogen-bond acceptors (Lipinski definition) is 4. The molecule has 1 atom stereocenters. The van der Waals surface area contributed by atoms with Crippen molar-refractivity contribution in [1.82, 2.24) is 9.88 Å². The van der Waals surface area contributed by atoms with Crippen LogP contribution in [0.4, 0.5) is 5.13 Å². The predicted octanol–water partition coefficient (Wildman–Crippen LogP) is 4.37. The van der Waals surface area contributed by atoms with Gasteiger partial charge in [0.15, 0.2) is 5.13 Å². The second-order valence-electron chi connectivity index (χ2n) is 6.75. The molecule has 1 N–H and O–H groups in total. The number of carbonyl (C=O) groups excluding carboxylic acids is 1. The molecule has 0 radical (unpaired) electrons. The minimum Gasteiger partial charge on any atom is -0.362 e. The summed E-state index contributed by atoms with van der Waals surface area (Å²) in [5.74, 6) is 0.753. The Kier molecular flexibility index (Phi) is 6.08. The second-order valence-corrected chi connectivity index (χ2v) is 7.75. The van der Waals surface area contributed by atoms with Gasteiger partial charge in [0.2, 0.25) is 0 Å². The van der Waals surface area contributed by atoms with Gasteiger partial charge in [0.25, 0.3) is 5.91 Å². The summed E-state index contributed by atoms with van der Waals surface area (Å²) in [4.78, 5) is 20.2. The molecular formula is C20H27N3OS. The average molecular weight is 358 g/mol. The summed E-state index contributed by atoms with van der Waals surface area (Å²) in [6, 6.07) is 10.6. The largest absolute Gasteiger partial charge is 0.362 e. The van der Waals surface area contributed by atoms with Crippen LogP contribution in [0.25, 0.3) is 0 Å². The molecule has 1 amide bonds. The molecule has 134 valence electrons. The average Bonchev–Trinajstić information content (AvgIpc) is 3.01. The molecule has 0 aliphatic carbocycles. The van der Waals surface area contributed by atoms with Crippen molar-refractivity contribution in [1.29, 1.82) is 0 Å². The molecule has 1 aliphatic rings. The summed E-state index contributed by atoms with van der Waals surface area (Å²) in [6.45, 7) is 6.54. The van der Waals surface area contributed by atoms with E-state index in [1.807, 2.05) is 18.7 Å². The molecule has 1 aliphatic heterocycles. The minimum atomic E-state index is 0.156. The first-order valence-electron chi connectivity index (χ1n) is 9.22. The fourth-order valence-electron chi connectivity index (χ4n) is 3.47. The molecule has 4 nitrogen and oxygen atoms in total. The molecular weight excluding hydrogens is 330 g/mol. The van der Waals surface area contributed by atoms with Crippen molar-refractivity contribution in [2.45, 2.75) is 39.5 Å². The van der Waals surface area contributed by atoms with E-state index in [0.717, 1.165) is 54.6 Å². The molecule has 1 aromatic heterocycles. The molecule has 0 unspecified atom stereocenters. The van der Waals surface area contributed by atoms with Crippen LogP contribution in [-0.2, 0) is 6.42 Å². The summed E-state index contributed by atoms with van der Waals surface area (Å²) in [6.07, 6.45) is 4.57. The number of aromatic nitrogens is 1. The smallest absolute Gasteiger partial charge is 0.265 e. The first-order chi connectivity index (χ1) is 12.2. The van der Waals surface area contributed by atoms with Crippen molar-refractivity contribution < 1.29 is 4.79 Å². The van der Waals surface area contributed by atoms with Gasteiger partial charge < -0.3 is 10.2 Å². The maximum Gasteiger partial charge on any atom is 0.265 e. The number of likely N-dealkylation sites (tertiary alicyclic amines) is 1. The maximum atomic E-state index is 12.9. The third-order valence-electron chi connectivity index (χ3n) is 4.81. The highest BCUT2D eigenvalue weighted by Crippen LogP contribution is 2.27. The molecule has 1 fully saturated rings. The van der Waals surface area contributed by atoms with Gasteiger partial charge in [-0.05, 0) is 51.0 Å². The molecule has 2 aromatic rings. The number of anilines is 1. The molecule has 5 heteroatoms. The Labute approximate surface area is 154 Å². The van der Waals surface area contributed by atoms with Gasteiger partial charge in [0, 0.05) is 19.6 Å². The van der Waals surface area contributed by atoms with E-state index in [1.54, 1.807) is 0 Å². The van der Waals surface area contributed by atoms with Gasteiger partial charge in [0.05, 0.1) is 5.69 Å². The Balaban J connectivity index is 1.59. The summed E-state index contributed by atoms with van der Waals surface area (Å²) < 4.78 is 0. The van der Waals surface area contributed by atoms with Crippen molar-refractivity contribution in [3.8, 4) is 0 Å². The molecule has 1 saturated heterocycles. The van der Waals surface area contributed by atoms with Gasteiger partial charge in [0.1, 0.15) is 4.88 Å². The summed E-state index contributed by atoms with van der Waals surface area (Å²) in [7, 11) is 0. The molecule has 2 heterocycles. The first kappa shape index (κ1) is 17.9. The SMILES string of the molecule is CCNc1nc(C)c(C(=O)N2CCC[C@H](CCc3ccccc3)C2)s1. The number of rotatable bonds is 6. The van der Waals surface area contributed by atoms with E-state index >= 15 is 0 Å². The van der Waals surface area contributed by atoms with E-state index in [0.29, 0.717) is 5.92 Å². The van der Waals surface area contributed by atoms with Crippen molar-refractivity contribution in [2.75, 3.05) is 25.0 Å². The van der Waals surface area contributed by atoms with Crippen LogP contribution in [0, 0.1) is 12.8 Å². The number of carbonyl (C=O) groups is 1. The number of hydrogen-bond donors (Lipinski definition) is 1. The molecule has 3 rings (SSSR count). The van der Waals surface area contributed by atoms with E-state index < -0.39 is 0 Å².